The van der Waals surface area contributed by atoms with Gasteiger partial charge in [0, 0.05) is 23.0 Å². The van der Waals surface area contributed by atoms with Gasteiger partial charge in [0.05, 0.1) is 0 Å². The molecule has 0 aliphatic heterocycles. The molecule has 1 saturated carbocycles. The number of fused-ring (bicyclic) bond motifs is 1. The molecule has 0 amide bonds. The number of hydrogen-bond acceptors (Lipinski definition) is 5. The molecule has 6 nitrogen and oxygen atoms in total. The number of halogens is 4. The van der Waals surface area contributed by atoms with Crippen LogP contribution in [0.25, 0.3) is 5.65 Å². The highest BCUT2D eigenvalue weighted by molar-refractivity contribution is 6.30. The average Bonchev–Trinajstić information content (AvgIpc) is 3.12. The molecule has 154 valence electrons. The summed E-state index contributed by atoms with van der Waals surface area (Å²) in [4.78, 5) is 0. The van der Waals surface area contributed by atoms with Crippen molar-refractivity contribution >= 4 is 23.1 Å². The number of benzene rings is 1. The number of nitrogens with one attached hydrogen (secondary N) is 1. The molecule has 2 heterocycles. The van der Waals surface area contributed by atoms with Gasteiger partial charge in [0.25, 0.3) is 5.82 Å². The number of aromatic nitrogens is 4. The summed E-state index contributed by atoms with van der Waals surface area (Å²) >= 11 is 6.15. The first kappa shape index (κ1) is 19.9. The van der Waals surface area contributed by atoms with E-state index in [-0.39, 0.29) is 17.1 Å². The lowest BCUT2D eigenvalue weighted by atomic mass is 9.68. The van der Waals surface area contributed by atoms with Gasteiger partial charge in [-0.15, -0.1) is 15.3 Å². The van der Waals surface area contributed by atoms with Crippen LogP contribution in [0.2, 0.25) is 5.02 Å². The van der Waals surface area contributed by atoms with Crippen molar-refractivity contribution in [2.45, 2.75) is 43.3 Å². The molecule has 0 unspecified atom stereocenters. The van der Waals surface area contributed by atoms with Crippen molar-refractivity contribution in [2.75, 3.05) is 11.9 Å². The van der Waals surface area contributed by atoms with E-state index in [0.29, 0.717) is 17.4 Å². The quantitative estimate of drug-likeness (QED) is 0.660. The lowest BCUT2D eigenvalue weighted by Crippen LogP contribution is -2.42. The summed E-state index contributed by atoms with van der Waals surface area (Å²) in [7, 11) is 0. The van der Waals surface area contributed by atoms with Crippen molar-refractivity contribution in [2.24, 2.45) is 5.73 Å². The molecule has 2 aromatic heterocycles. The summed E-state index contributed by atoms with van der Waals surface area (Å²) in [6.07, 6.45) is -1.28. The topological polar surface area (TPSA) is 81.1 Å². The van der Waals surface area contributed by atoms with Gasteiger partial charge < -0.3 is 11.1 Å². The molecule has 3 aromatic rings. The van der Waals surface area contributed by atoms with Crippen molar-refractivity contribution in [3.63, 3.8) is 0 Å². The number of hydrogen-bond donors (Lipinski definition) is 2. The number of alkyl halides is 3. The molecule has 10 heteroatoms. The monoisotopic (exact) mass is 424 g/mol. The van der Waals surface area contributed by atoms with Crippen molar-refractivity contribution in [1.29, 1.82) is 0 Å². The molecular weight excluding hydrogens is 405 g/mol. The number of rotatable bonds is 4. The van der Waals surface area contributed by atoms with E-state index in [4.69, 9.17) is 17.3 Å². The number of nitrogens with zero attached hydrogens (tertiary/aromatic N) is 4. The summed E-state index contributed by atoms with van der Waals surface area (Å²) in [6, 6.07) is 10.9. The zero-order chi connectivity index (χ0) is 20.6. The summed E-state index contributed by atoms with van der Waals surface area (Å²) in [5, 5.41) is 14.7. The van der Waals surface area contributed by atoms with Gasteiger partial charge in [0.2, 0.25) is 0 Å². The Balaban J connectivity index is 1.49. The first-order chi connectivity index (χ1) is 13.8. The largest absolute Gasteiger partial charge is 0.453 e. The van der Waals surface area contributed by atoms with E-state index in [1.807, 2.05) is 24.3 Å². The van der Waals surface area contributed by atoms with Crippen molar-refractivity contribution < 1.29 is 13.2 Å². The van der Waals surface area contributed by atoms with Crippen LogP contribution in [0.5, 0.6) is 0 Å². The first-order valence-corrected chi connectivity index (χ1v) is 9.71. The van der Waals surface area contributed by atoms with Gasteiger partial charge in [0.15, 0.2) is 5.65 Å². The van der Waals surface area contributed by atoms with Crippen LogP contribution in [-0.4, -0.2) is 32.4 Å². The maximum absolute atomic E-state index is 13.1. The first-order valence-electron chi connectivity index (χ1n) is 9.33. The molecule has 3 N–H and O–H groups in total. The number of anilines is 1. The van der Waals surface area contributed by atoms with E-state index >= 15 is 0 Å². The highest BCUT2D eigenvalue weighted by atomic mass is 35.5. The molecule has 1 aliphatic carbocycles. The third kappa shape index (κ3) is 3.89. The van der Waals surface area contributed by atoms with Crippen molar-refractivity contribution in [1.82, 2.24) is 19.8 Å². The molecule has 0 radical (unpaired) electrons. The summed E-state index contributed by atoms with van der Waals surface area (Å²) in [5.74, 6) is -0.779. The molecule has 1 aromatic carbocycles. The fourth-order valence-electron chi connectivity index (χ4n) is 4.00. The second-order valence-corrected chi connectivity index (χ2v) is 7.86. The molecule has 29 heavy (non-hydrogen) atoms. The molecular formula is C19H20ClF3N6. The van der Waals surface area contributed by atoms with Crippen LogP contribution in [0, 0.1) is 0 Å². The van der Waals surface area contributed by atoms with E-state index in [1.165, 1.54) is 6.07 Å². The van der Waals surface area contributed by atoms with Crippen molar-refractivity contribution in [3.05, 3.63) is 52.8 Å². The lowest BCUT2D eigenvalue weighted by molar-refractivity contribution is -0.146. The predicted molar refractivity (Wildman–Crippen MR) is 104 cm³/mol. The van der Waals surface area contributed by atoms with Crippen molar-refractivity contribution in [3.8, 4) is 0 Å². The van der Waals surface area contributed by atoms with Gasteiger partial charge in [-0.3, -0.25) is 0 Å². The fraction of sp³-hybridized carbons (Fsp3) is 0.421. The Hall–Kier alpha value is -2.39. The normalized spacial score (nSPS) is 22.7. The van der Waals surface area contributed by atoms with E-state index in [9.17, 15) is 13.2 Å². The minimum atomic E-state index is -4.62. The standard InChI is InChI=1S/C19H20ClF3N6/c20-13-3-1-2-12(10-13)18(11-24)8-6-14(7-9-18)25-15-4-5-16-26-27-17(19(21,22)23)29(16)28-15/h1-5,10,14H,6-9,11,24H2,(H,25,28). The Morgan fingerprint density at radius 3 is 2.59 bits per heavy atom. The van der Waals surface area contributed by atoms with Gasteiger partial charge >= 0.3 is 6.18 Å². The minimum absolute atomic E-state index is 0.0506. The van der Waals surface area contributed by atoms with Crippen LogP contribution in [0.1, 0.15) is 37.1 Å². The van der Waals surface area contributed by atoms with E-state index < -0.39 is 12.0 Å². The minimum Gasteiger partial charge on any atom is -0.366 e. The van der Waals surface area contributed by atoms with Gasteiger partial charge in [-0.05, 0) is 55.5 Å². The van der Waals surface area contributed by atoms with E-state index in [1.54, 1.807) is 6.07 Å². The lowest BCUT2D eigenvalue weighted by Gasteiger charge is -2.40. The van der Waals surface area contributed by atoms with Gasteiger partial charge in [-0.1, -0.05) is 23.7 Å². The van der Waals surface area contributed by atoms with Crippen LogP contribution in [0.15, 0.2) is 36.4 Å². The van der Waals surface area contributed by atoms with Crippen LogP contribution in [0.4, 0.5) is 19.0 Å². The summed E-state index contributed by atoms with van der Waals surface area (Å²) in [5.41, 5.74) is 7.17. The molecule has 1 aliphatic rings. The van der Waals surface area contributed by atoms with Gasteiger partial charge in [-0.25, -0.2) is 0 Å². The van der Waals surface area contributed by atoms with Gasteiger partial charge in [0.1, 0.15) is 5.82 Å². The van der Waals surface area contributed by atoms with Crippen LogP contribution >= 0.6 is 11.6 Å². The molecule has 4 rings (SSSR count). The van der Waals surface area contributed by atoms with E-state index in [0.717, 1.165) is 35.8 Å². The average molecular weight is 425 g/mol. The predicted octanol–water partition coefficient (Wildman–Crippen LogP) is 4.05. The van der Waals surface area contributed by atoms with Crippen LogP contribution < -0.4 is 11.1 Å². The Bertz CT molecular complexity index is 1010. The molecule has 1 fully saturated rings. The van der Waals surface area contributed by atoms with E-state index in [2.05, 4.69) is 20.6 Å². The smallest absolute Gasteiger partial charge is 0.366 e. The Morgan fingerprint density at radius 1 is 1.17 bits per heavy atom. The zero-order valence-corrected chi connectivity index (χ0v) is 16.2. The maximum Gasteiger partial charge on any atom is 0.453 e. The second-order valence-electron chi connectivity index (χ2n) is 7.42. The Labute approximate surface area is 170 Å². The highest BCUT2D eigenvalue weighted by Crippen LogP contribution is 2.40. The third-order valence-electron chi connectivity index (χ3n) is 5.64. The summed E-state index contributed by atoms with van der Waals surface area (Å²) in [6.45, 7) is 0.514. The molecule has 0 atom stereocenters. The SMILES string of the molecule is NCC1(c2cccc(Cl)c2)CCC(Nc2ccc3nnc(C(F)(F)F)n3n2)CC1. The molecule has 0 spiro atoms. The second kappa shape index (κ2) is 7.46. The Morgan fingerprint density at radius 2 is 1.93 bits per heavy atom. The maximum atomic E-state index is 13.1. The van der Waals surface area contributed by atoms with Crippen LogP contribution in [0.3, 0.4) is 0 Å². The summed E-state index contributed by atoms with van der Waals surface area (Å²) < 4.78 is 39.9. The highest BCUT2D eigenvalue weighted by Gasteiger charge is 2.38. The van der Waals surface area contributed by atoms with Gasteiger partial charge in [-0.2, -0.15) is 17.7 Å². The van der Waals surface area contributed by atoms with Crippen LogP contribution in [-0.2, 0) is 11.6 Å². The Kier molecular flexibility index (Phi) is 5.12. The number of nitrogens with two attached hydrogens (primary N) is 1. The molecule has 0 saturated heterocycles. The zero-order valence-electron chi connectivity index (χ0n) is 15.5. The molecule has 0 bridgehead atoms. The fourth-order valence-corrected chi connectivity index (χ4v) is 4.19. The third-order valence-corrected chi connectivity index (χ3v) is 5.87.